The van der Waals surface area contributed by atoms with Gasteiger partial charge in [-0.1, -0.05) is 25.7 Å². The lowest BCUT2D eigenvalue weighted by Crippen LogP contribution is -2.18. The third-order valence-electron chi connectivity index (χ3n) is 3.48. The average Bonchev–Trinajstić information content (AvgIpc) is 2.21. The predicted octanol–water partition coefficient (Wildman–Crippen LogP) is 3.50. The van der Waals surface area contributed by atoms with Crippen LogP contribution in [0.1, 0.15) is 51.4 Å². The molecule has 12 heavy (non-hydrogen) atoms. The first-order valence-corrected chi connectivity index (χ1v) is 7.49. The van der Waals surface area contributed by atoms with Crippen LogP contribution in [0.3, 0.4) is 0 Å². The molecule has 0 N–H and O–H groups in total. The maximum atomic E-state index is 1.62. The Bertz CT molecular complexity index is 105. The molecule has 1 aliphatic carbocycles. The Labute approximate surface area is 79.5 Å². The van der Waals surface area contributed by atoms with Crippen molar-refractivity contribution in [2.45, 2.75) is 56.6 Å². The van der Waals surface area contributed by atoms with Crippen LogP contribution in [0, 0.1) is 0 Å². The largest absolute Gasteiger partial charge is 0.251 e. The van der Waals surface area contributed by atoms with Crippen LogP contribution in [-0.4, -0.2) is 16.8 Å². The first kappa shape index (κ1) is 8.93. The molecular formula is C11H22S. The Hall–Kier alpha value is 0.350. The van der Waals surface area contributed by atoms with Crippen LogP contribution in [0.5, 0.6) is 0 Å². The van der Waals surface area contributed by atoms with E-state index in [1.807, 2.05) is 0 Å². The molecule has 2 fully saturated rings. The maximum absolute atomic E-state index is 1.62. The monoisotopic (exact) mass is 186 g/mol. The normalized spacial score (nSPS) is 30.5. The van der Waals surface area contributed by atoms with Gasteiger partial charge in [0.2, 0.25) is 0 Å². The molecule has 0 nitrogen and oxygen atoms in total. The van der Waals surface area contributed by atoms with Gasteiger partial charge in [-0.15, -0.1) is 0 Å². The average molecular weight is 186 g/mol. The van der Waals surface area contributed by atoms with Gasteiger partial charge in [-0.05, 0) is 42.4 Å². The summed E-state index contributed by atoms with van der Waals surface area (Å²) < 4.78 is 0. The van der Waals surface area contributed by atoms with Gasteiger partial charge in [0.05, 0.1) is 0 Å². The van der Waals surface area contributed by atoms with E-state index in [1.54, 1.807) is 50.0 Å². The lowest BCUT2D eigenvalue weighted by Gasteiger charge is -2.36. The summed E-state index contributed by atoms with van der Waals surface area (Å²) in [5.74, 6) is 3.25. The van der Waals surface area contributed by atoms with E-state index in [0.29, 0.717) is 10.9 Å². The van der Waals surface area contributed by atoms with Gasteiger partial charge in [0.25, 0.3) is 0 Å². The molecule has 2 rings (SSSR count). The second-order valence-electron chi connectivity index (χ2n) is 4.39. The summed E-state index contributed by atoms with van der Waals surface area (Å²) in [5.41, 5.74) is 0. The lowest BCUT2D eigenvalue weighted by molar-refractivity contribution is 0.511. The number of thiol groups is 1. The van der Waals surface area contributed by atoms with Crippen LogP contribution in [0.25, 0.3) is 0 Å². The fourth-order valence-electron chi connectivity index (χ4n) is 2.73. The Balaban J connectivity index is 1.80. The van der Waals surface area contributed by atoms with E-state index in [0.717, 1.165) is 0 Å². The van der Waals surface area contributed by atoms with Crippen LogP contribution in [-0.2, 0) is 0 Å². The molecule has 0 atom stereocenters. The zero-order valence-electron chi connectivity index (χ0n) is 8.10. The molecule has 0 unspecified atom stereocenters. The van der Waals surface area contributed by atoms with Crippen molar-refractivity contribution in [2.24, 2.45) is 0 Å². The summed E-state index contributed by atoms with van der Waals surface area (Å²) in [6.45, 7) is 0. The van der Waals surface area contributed by atoms with Gasteiger partial charge in [-0.2, -0.15) is 0 Å². The molecule has 1 aliphatic heterocycles. The second kappa shape index (κ2) is 4.55. The van der Waals surface area contributed by atoms with Crippen LogP contribution < -0.4 is 0 Å². The van der Waals surface area contributed by atoms with Crippen LogP contribution in [0.2, 0.25) is 0 Å². The van der Waals surface area contributed by atoms with Gasteiger partial charge < -0.3 is 0 Å². The second-order valence-corrected chi connectivity index (χ2v) is 7.19. The van der Waals surface area contributed by atoms with Crippen molar-refractivity contribution in [2.75, 3.05) is 11.5 Å². The molecule has 0 spiro atoms. The molecule has 2 aliphatic rings. The van der Waals surface area contributed by atoms with E-state index in [1.165, 1.54) is 18.1 Å². The molecule has 0 aromatic carbocycles. The highest BCUT2D eigenvalue weighted by molar-refractivity contribution is 8.17. The van der Waals surface area contributed by atoms with Crippen molar-refractivity contribution in [1.82, 2.24) is 0 Å². The molecule has 1 heterocycles. The molecule has 0 bridgehead atoms. The highest BCUT2D eigenvalue weighted by Gasteiger charge is 2.21. The van der Waals surface area contributed by atoms with Crippen LogP contribution in [0.4, 0.5) is 0 Å². The van der Waals surface area contributed by atoms with Gasteiger partial charge in [-0.3, -0.25) is 10.9 Å². The van der Waals surface area contributed by atoms with Gasteiger partial charge >= 0.3 is 0 Å². The molecule has 0 radical (unpaired) electrons. The zero-order valence-corrected chi connectivity index (χ0v) is 8.99. The lowest BCUT2D eigenvalue weighted by atomic mass is 10.0. The quantitative estimate of drug-likeness (QED) is 0.595. The van der Waals surface area contributed by atoms with Gasteiger partial charge in [0, 0.05) is 0 Å². The zero-order chi connectivity index (χ0) is 8.23. The summed E-state index contributed by atoms with van der Waals surface area (Å²) in [7, 11) is 0.510. The summed E-state index contributed by atoms with van der Waals surface area (Å²) >= 11 is 0. The molecular weight excluding hydrogens is 164 g/mol. The Kier molecular flexibility index (Phi) is 3.38. The first-order valence-electron chi connectivity index (χ1n) is 5.71. The van der Waals surface area contributed by atoms with E-state index >= 15 is 0 Å². The summed E-state index contributed by atoms with van der Waals surface area (Å²) in [6, 6.07) is 0. The molecule has 1 saturated carbocycles. The minimum Gasteiger partial charge on any atom is -0.251 e. The maximum Gasteiger partial charge on any atom is -0.0137 e. The van der Waals surface area contributed by atoms with Gasteiger partial charge in [0.1, 0.15) is 0 Å². The van der Waals surface area contributed by atoms with Crippen LogP contribution in [0.15, 0.2) is 0 Å². The summed E-state index contributed by atoms with van der Waals surface area (Å²) in [4.78, 5) is 0. The van der Waals surface area contributed by atoms with Crippen molar-refractivity contribution >= 4 is 10.9 Å². The Morgan fingerprint density at radius 3 is 1.92 bits per heavy atom. The minimum absolute atomic E-state index is 0.510. The van der Waals surface area contributed by atoms with Crippen molar-refractivity contribution in [3.05, 3.63) is 0 Å². The fraction of sp³-hybridized carbons (Fsp3) is 1.00. The number of hydrogen-bond acceptors (Lipinski definition) is 0. The third kappa shape index (κ3) is 2.18. The minimum atomic E-state index is 0.510. The highest BCUT2D eigenvalue weighted by Crippen LogP contribution is 2.43. The summed E-state index contributed by atoms with van der Waals surface area (Å²) in [6.07, 6.45) is 12.4. The summed E-state index contributed by atoms with van der Waals surface area (Å²) in [5, 5.41) is 1.20. The number of hydrogen-bond donors (Lipinski definition) is 1. The fourth-order valence-corrected chi connectivity index (χ4v) is 6.04. The topological polar surface area (TPSA) is 0 Å². The first-order chi connectivity index (χ1) is 5.97. The molecule has 0 amide bonds. The van der Waals surface area contributed by atoms with E-state index in [9.17, 15) is 0 Å². The van der Waals surface area contributed by atoms with Crippen molar-refractivity contribution in [3.63, 3.8) is 0 Å². The molecule has 1 heteroatoms. The van der Waals surface area contributed by atoms with Crippen molar-refractivity contribution in [3.8, 4) is 0 Å². The predicted molar refractivity (Wildman–Crippen MR) is 59.4 cm³/mol. The van der Waals surface area contributed by atoms with Gasteiger partial charge in [0.15, 0.2) is 0 Å². The Morgan fingerprint density at radius 2 is 1.25 bits per heavy atom. The van der Waals surface area contributed by atoms with E-state index < -0.39 is 0 Å². The van der Waals surface area contributed by atoms with Gasteiger partial charge in [-0.25, -0.2) is 0 Å². The van der Waals surface area contributed by atoms with E-state index in [4.69, 9.17) is 0 Å². The molecule has 72 valence electrons. The number of rotatable bonds is 1. The van der Waals surface area contributed by atoms with Crippen molar-refractivity contribution in [1.29, 1.82) is 0 Å². The van der Waals surface area contributed by atoms with E-state index in [-0.39, 0.29) is 0 Å². The highest BCUT2D eigenvalue weighted by atomic mass is 32.2. The molecule has 1 saturated heterocycles. The van der Waals surface area contributed by atoms with E-state index in [2.05, 4.69) is 0 Å². The molecule has 0 aromatic rings. The smallest absolute Gasteiger partial charge is 0.0137 e. The third-order valence-corrected chi connectivity index (χ3v) is 6.81. The van der Waals surface area contributed by atoms with Crippen LogP contribution >= 0.6 is 10.9 Å². The standard InChI is InChI=1S/C11H22S/c1-3-7-11(8-4-1)12-9-5-2-6-10-12/h11-12H,1-10H2. The molecule has 0 aromatic heterocycles. The Morgan fingerprint density at radius 1 is 0.667 bits per heavy atom. The van der Waals surface area contributed by atoms with Crippen molar-refractivity contribution < 1.29 is 0 Å². The SMILES string of the molecule is C1CCC([SH]2CCCCC2)CC1.